The molecule has 0 spiro atoms. The highest BCUT2D eigenvalue weighted by molar-refractivity contribution is 7.89. The number of nitrogens with zero attached hydrogens (tertiary/aromatic N) is 1. The van der Waals surface area contributed by atoms with Crippen molar-refractivity contribution in [3.05, 3.63) is 42.0 Å². The van der Waals surface area contributed by atoms with Gasteiger partial charge in [-0.15, -0.1) is 0 Å². The van der Waals surface area contributed by atoms with Crippen LogP contribution in [0.25, 0.3) is 0 Å². The number of sulfonamides is 1. The Kier molecular flexibility index (Phi) is 6.89. The summed E-state index contributed by atoms with van der Waals surface area (Å²) in [6.45, 7) is 2.35. The second-order valence-corrected chi connectivity index (χ2v) is 6.84. The number of hydrazone groups is 1. The number of rotatable bonds is 9. The van der Waals surface area contributed by atoms with Gasteiger partial charge in [-0.05, 0) is 43.3 Å². The van der Waals surface area contributed by atoms with Crippen LogP contribution in [0.5, 0.6) is 23.0 Å². The molecule has 0 heterocycles. The summed E-state index contributed by atoms with van der Waals surface area (Å²) in [5.74, 6) is 1.84. The first kappa shape index (κ1) is 20.4. The first-order valence-corrected chi connectivity index (χ1v) is 9.51. The standard InChI is InChI=1S/C18H22N2O6S/c1-5-26-14-7-9-15(10-8-14)27(21,22)20-19-12-13-6-11-16(23-2)18(25-4)17(13)24-3/h6-12,20H,5H2,1-4H3/b19-12+. The molecule has 2 aromatic rings. The maximum absolute atomic E-state index is 12.3. The Morgan fingerprint density at radius 1 is 0.963 bits per heavy atom. The molecule has 0 unspecified atom stereocenters. The third kappa shape index (κ3) is 4.82. The minimum Gasteiger partial charge on any atom is -0.494 e. The summed E-state index contributed by atoms with van der Waals surface area (Å²) in [4.78, 5) is 2.24. The average molecular weight is 394 g/mol. The lowest BCUT2D eigenvalue weighted by Crippen LogP contribution is -2.18. The Bertz CT molecular complexity index is 895. The smallest absolute Gasteiger partial charge is 0.276 e. The van der Waals surface area contributed by atoms with Crippen LogP contribution in [0.15, 0.2) is 46.4 Å². The third-order valence-electron chi connectivity index (χ3n) is 3.56. The minimum atomic E-state index is -3.81. The SMILES string of the molecule is CCOc1ccc(S(=O)(=O)N/N=C/c2ccc(OC)c(OC)c2OC)cc1. The van der Waals surface area contributed by atoms with Crippen LogP contribution in [0.2, 0.25) is 0 Å². The Balaban J connectivity index is 2.21. The largest absolute Gasteiger partial charge is 0.494 e. The second kappa shape index (κ2) is 9.13. The molecular weight excluding hydrogens is 372 g/mol. The highest BCUT2D eigenvalue weighted by atomic mass is 32.2. The first-order chi connectivity index (χ1) is 13.0. The molecule has 0 saturated heterocycles. The Morgan fingerprint density at radius 3 is 2.19 bits per heavy atom. The van der Waals surface area contributed by atoms with Crippen molar-refractivity contribution < 1.29 is 27.4 Å². The molecule has 0 amide bonds. The van der Waals surface area contributed by atoms with Crippen LogP contribution in [0.4, 0.5) is 0 Å². The molecule has 0 saturated carbocycles. The van der Waals surface area contributed by atoms with Gasteiger partial charge in [-0.2, -0.15) is 13.5 Å². The van der Waals surface area contributed by atoms with Gasteiger partial charge in [-0.25, -0.2) is 4.83 Å². The van der Waals surface area contributed by atoms with E-state index in [1.807, 2.05) is 6.92 Å². The van der Waals surface area contributed by atoms with E-state index >= 15 is 0 Å². The second-order valence-electron chi connectivity index (χ2n) is 5.18. The van der Waals surface area contributed by atoms with E-state index in [9.17, 15) is 8.42 Å². The molecule has 27 heavy (non-hydrogen) atoms. The van der Waals surface area contributed by atoms with Gasteiger partial charge in [0, 0.05) is 5.56 Å². The lowest BCUT2D eigenvalue weighted by Gasteiger charge is -2.13. The van der Waals surface area contributed by atoms with Crippen LogP contribution in [0.3, 0.4) is 0 Å². The Hall–Kier alpha value is -2.94. The molecule has 2 aromatic carbocycles. The van der Waals surface area contributed by atoms with Gasteiger partial charge in [-0.1, -0.05) is 0 Å². The maximum Gasteiger partial charge on any atom is 0.276 e. The highest BCUT2D eigenvalue weighted by Crippen LogP contribution is 2.38. The number of nitrogens with one attached hydrogen (secondary N) is 1. The van der Waals surface area contributed by atoms with E-state index in [0.29, 0.717) is 35.2 Å². The number of hydrogen-bond donors (Lipinski definition) is 1. The van der Waals surface area contributed by atoms with Crippen molar-refractivity contribution in [1.29, 1.82) is 0 Å². The fourth-order valence-corrected chi connectivity index (χ4v) is 3.12. The molecule has 8 nitrogen and oxygen atoms in total. The lowest BCUT2D eigenvalue weighted by atomic mass is 10.2. The topological polar surface area (TPSA) is 95.5 Å². The molecule has 0 atom stereocenters. The monoisotopic (exact) mass is 394 g/mol. The van der Waals surface area contributed by atoms with E-state index in [-0.39, 0.29) is 4.90 Å². The Labute approximate surface area is 158 Å². The average Bonchev–Trinajstić information content (AvgIpc) is 2.67. The van der Waals surface area contributed by atoms with Crippen LogP contribution in [-0.4, -0.2) is 42.6 Å². The summed E-state index contributed by atoms with van der Waals surface area (Å²) in [5.41, 5.74) is 0.518. The van der Waals surface area contributed by atoms with Crippen molar-refractivity contribution in [1.82, 2.24) is 4.83 Å². The number of hydrogen-bond acceptors (Lipinski definition) is 7. The molecule has 9 heteroatoms. The molecule has 0 aliphatic heterocycles. The van der Waals surface area contributed by atoms with E-state index in [1.165, 1.54) is 39.7 Å². The molecular formula is C18H22N2O6S. The zero-order chi connectivity index (χ0) is 19.9. The predicted molar refractivity (Wildman–Crippen MR) is 102 cm³/mol. The zero-order valence-electron chi connectivity index (χ0n) is 15.6. The van der Waals surface area contributed by atoms with Crippen molar-refractivity contribution in [2.45, 2.75) is 11.8 Å². The third-order valence-corrected chi connectivity index (χ3v) is 4.79. The molecule has 0 fully saturated rings. The van der Waals surface area contributed by atoms with Crippen molar-refractivity contribution in [2.24, 2.45) is 5.10 Å². The fraction of sp³-hybridized carbons (Fsp3) is 0.278. The van der Waals surface area contributed by atoms with Gasteiger partial charge < -0.3 is 18.9 Å². The van der Waals surface area contributed by atoms with Crippen LogP contribution < -0.4 is 23.8 Å². The van der Waals surface area contributed by atoms with Gasteiger partial charge in [0.05, 0.1) is 39.0 Å². The molecule has 1 N–H and O–H groups in total. The quantitative estimate of drug-likeness (QED) is 0.518. The van der Waals surface area contributed by atoms with Gasteiger partial charge in [0.2, 0.25) is 5.75 Å². The molecule has 2 rings (SSSR count). The summed E-state index contributed by atoms with van der Waals surface area (Å²) < 4.78 is 45.8. The van der Waals surface area contributed by atoms with Gasteiger partial charge in [0.1, 0.15) is 5.75 Å². The molecule has 0 bridgehead atoms. The molecule has 0 aliphatic rings. The highest BCUT2D eigenvalue weighted by Gasteiger charge is 2.16. The van der Waals surface area contributed by atoms with E-state index in [2.05, 4.69) is 9.93 Å². The molecule has 0 aromatic heterocycles. The fourth-order valence-electron chi connectivity index (χ4n) is 2.33. The van der Waals surface area contributed by atoms with E-state index in [1.54, 1.807) is 24.3 Å². The summed E-state index contributed by atoms with van der Waals surface area (Å²) in [6, 6.07) is 9.40. The van der Waals surface area contributed by atoms with Crippen LogP contribution in [0, 0.1) is 0 Å². The number of ether oxygens (including phenoxy) is 4. The van der Waals surface area contributed by atoms with Gasteiger partial charge in [0.15, 0.2) is 11.5 Å². The van der Waals surface area contributed by atoms with E-state index in [4.69, 9.17) is 18.9 Å². The normalized spacial score (nSPS) is 11.3. The van der Waals surface area contributed by atoms with Gasteiger partial charge >= 0.3 is 0 Å². The summed E-state index contributed by atoms with van der Waals surface area (Å²) >= 11 is 0. The minimum absolute atomic E-state index is 0.0716. The number of benzene rings is 2. The Morgan fingerprint density at radius 2 is 1.63 bits per heavy atom. The van der Waals surface area contributed by atoms with E-state index < -0.39 is 10.0 Å². The van der Waals surface area contributed by atoms with Crippen LogP contribution >= 0.6 is 0 Å². The summed E-state index contributed by atoms with van der Waals surface area (Å²) in [6.07, 6.45) is 1.33. The summed E-state index contributed by atoms with van der Waals surface area (Å²) in [7, 11) is 0.653. The lowest BCUT2D eigenvalue weighted by molar-refractivity contribution is 0.324. The van der Waals surface area contributed by atoms with Gasteiger partial charge in [-0.3, -0.25) is 0 Å². The molecule has 0 aliphatic carbocycles. The van der Waals surface area contributed by atoms with Crippen LogP contribution in [0.1, 0.15) is 12.5 Å². The first-order valence-electron chi connectivity index (χ1n) is 8.03. The summed E-state index contributed by atoms with van der Waals surface area (Å²) in [5, 5.41) is 3.82. The molecule has 146 valence electrons. The van der Waals surface area contributed by atoms with Crippen molar-refractivity contribution >= 4 is 16.2 Å². The van der Waals surface area contributed by atoms with Crippen LogP contribution in [-0.2, 0) is 10.0 Å². The maximum atomic E-state index is 12.3. The zero-order valence-corrected chi connectivity index (χ0v) is 16.4. The molecule has 0 radical (unpaired) electrons. The van der Waals surface area contributed by atoms with Crippen molar-refractivity contribution in [2.75, 3.05) is 27.9 Å². The van der Waals surface area contributed by atoms with Crippen molar-refractivity contribution in [3.63, 3.8) is 0 Å². The van der Waals surface area contributed by atoms with Crippen molar-refractivity contribution in [3.8, 4) is 23.0 Å². The predicted octanol–water partition coefficient (Wildman–Crippen LogP) is 2.42. The van der Waals surface area contributed by atoms with Gasteiger partial charge in [0.25, 0.3) is 10.0 Å². The van der Waals surface area contributed by atoms with E-state index in [0.717, 1.165) is 0 Å². The number of methoxy groups -OCH3 is 3.